The fourth-order valence-corrected chi connectivity index (χ4v) is 2.22. The molecule has 0 aromatic carbocycles. The van der Waals surface area contributed by atoms with Crippen molar-refractivity contribution in [2.45, 2.75) is 27.7 Å². The third-order valence-electron chi connectivity index (χ3n) is 0.854. The summed E-state index contributed by atoms with van der Waals surface area (Å²) in [6.45, 7) is 6.34. The second-order valence-corrected chi connectivity index (χ2v) is 5.41. The van der Waals surface area contributed by atoms with Crippen molar-refractivity contribution in [1.29, 1.82) is 0 Å². The topological polar surface area (TPSA) is 60.4 Å². The summed E-state index contributed by atoms with van der Waals surface area (Å²) in [6, 6.07) is 0. The second kappa shape index (κ2) is 3.43. The highest BCUT2D eigenvalue weighted by atomic mass is 32.2. The molecule has 0 bridgehead atoms. The molecule has 0 aliphatic heterocycles. The normalized spacial score (nSPS) is 12.7. The van der Waals surface area contributed by atoms with Crippen LogP contribution in [0.2, 0.25) is 0 Å². The fraction of sp³-hybridized carbons (Fsp3) is 0.857. The Balaban J connectivity index is 4.36. The van der Waals surface area contributed by atoms with E-state index in [0.717, 1.165) is 6.92 Å². The molecular weight excluding hydrogens is 180 g/mol. The molecule has 5 heteroatoms. The fourth-order valence-electron chi connectivity index (χ4n) is 0.739. The molecule has 0 saturated heterocycles. The lowest BCUT2D eigenvalue weighted by molar-refractivity contribution is -0.131. The van der Waals surface area contributed by atoms with Crippen LogP contribution in [0.15, 0.2) is 0 Å². The Bertz CT molecular complexity index is 258. The SMILES string of the molecule is CC(=O)OS(=O)(=O)CC(C)(C)C. The number of rotatable bonds is 2. The molecule has 72 valence electrons. The van der Waals surface area contributed by atoms with Gasteiger partial charge in [0, 0.05) is 6.92 Å². The average molecular weight is 194 g/mol. The summed E-state index contributed by atoms with van der Waals surface area (Å²) in [4.78, 5) is 10.3. The van der Waals surface area contributed by atoms with Crippen LogP contribution in [-0.4, -0.2) is 20.1 Å². The molecule has 0 aromatic heterocycles. The molecular formula is C7H14O4S. The van der Waals surface area contributed by atoms with E-state index in [4.69, 9.17) is 0 Å². The van der Waals surface area contributed by atoms with Crippen LogP contribution in [0.25, 0.3) is 0 Å². The standard InChI is InChI=1S/C7H14O4S/c1-6(8)11-12(9,10)5-7(2,3)4/h5H2,1-4H3. The summed E-state index contributed by atoms with van der Waals surface area (Å²) in [5.74, 6) is -0.946. The molecule has 0 N–H and O–H groups in total. The molecule has 0 spiro atoms. The maximum absolute atomic E-state index is 11.0. The minimum absolute atomic E-state index is 0.153. The van der Waals surface area contributed by atoms with Crippen molar-refractivity contribution in [3.05, 3.63) is 0 Å². The summed E-state index contributed by atoms with van der Waals surface area (Å²) < 4.78 is 26.2. The van der Waals surface area contributed by atoms with Crippen LogP contribution in [0, 0.1) is 5.41 Å². The summed E-state index contributed by atoms with van der Waals surface area (Å²) in [7, 11) is -3.69. The number of hydrogen-bond acceptors (Lipinski definition) is 4. The monoisotopic (exact) mass is 194 g/mol. The smallest absolute Gasteiger partial charge is 0.319 e. The van der Waals surface area contributed by atoms with Crippen LogP contribution in [0.4, 0.5) is 0 Å². The van der Waals surface area contributed by atoms with Gasteiger partial charge in [0.1, 0.15) is 0 Å². The van der Waals surface area contributed by atoms with Crippen LogP contribution in [0.3, 0.4) is 0 Å². The molecule has 0 unspecified atom stereocenters. The minimum Gasteiger partial charge on any atom is -0.346 e. The first kappa shape index (κ1) is 11.4. The van der Waals surface area contributed by atoms with Crippen molar-refractivity contribution in [3.63, 3.8) is 0 Å². The summed E-state index contributed by atoms with van der Waals surface area (Å²) in [5.41, 5.74) is -0.395. The molecule has 0 aromatic rings. The van der Waals surface area contributed by atoms with E-state index in [1.54, 1.807) is 20.8 Å². The molecule has 0 amide bonds. The third-order valence-corrected chi connectivity index (χ3v) is 2.56. The Labute approximate surface area is 73.0 Å². The summed E-state index contributed by atoms with van der Waals surface area (Å²) in [5, 5.41) is 0. The van der Waals surface area contributed by atoms with Gasteiger partial charge in [0.15, 0.2) is 0 Å². The third kappa shape index (κ3) is 6.15. The Morgan fingerprint density at radius 1 is 1.33 bits per heavy atom. The van der Waals surface area contributed by atoms with E-state index < -0.39 is 21.5 Å². The van der Waals surface area contributed by atoms with Gasteiger partial charge in [-0.1, -0.05) is 20.8 Å². The lowest BCUT2D eigenvalue weighted by Gasteiger charge is -2.16. The lowest BCUT2D eigenvalue weighted by atomic mass is 10.0. The molecule has 4 nitrogen and oxygen atoms in total. The Hall–Kier alpha value is -0.580. The van der Waals surface area contributed by atoms with Crippen LogP contribution in [-0.2, 0) is 19.1 Å². The zero-order valence-corrected chi connectivity index (χ0v) is 8.56. The van der Waals surface area contributed by atoms with Gasteiger partial charge in [-0.3, -0.25) is 4.79 Å². The van der Waals surface area contributed by atoms with Crippen molar-refractivity contribution in [3.8, 4) is 0 Å². The van der Waals surface area contributed by atoms with Crippen molar-refractivity contribution in [2.75, 3.05) is 5.75 Å². The van der Waals surface area contributed by atoms with Gasteiger partial charge in [-0.2, -0.15) is 8.42 Å². The molecule has 0 radical (unpaired) electrons. The van der Waals surface area contributed by atoms with Gasteiger partial charge >= 0.3 is 16.1 Å². The van der Waals surface area contributed by atoms with Gasteiger partial charge in [-0.05, 0) is 5.41 Å². The number of hydrogen-bond donors (Lipinski definition) is 0. The Kier molecular flexibility index (Phi) is 3.26. The van der Waals surface area contributed by atoms with E-state index in [1.807, 2.05) is 0 Å². The van der Waals surface area contributed by atoms with Gasteiger partial charge in [-0.15, -0.1) is 0 Å². The first-order valence-electron chi connectivity index (χ1n) is 3.55. The van der Waals surface area contributed by atoms with E-state index in [1.165, 1.54) is 0 Å². The largest absolute Gasteiger partial charge is 0.346 e. The highest BCUT2D eigenvalue weighted by Crippen LogP contribution is 2.16. The molecule has 0 rings (SSSR count). The van der Waals surface area contributed by atoms with Crippen LogP contribution < -0.4 is 0 Å². The molecule has 0 atom stereocenters. The van der Waals surface area contributed by atoms with Crippen LogP contribution in [0.5, 0.6) is 0 Å². The van der Waals surface area contributed by atoms with Crippen molar-refractivity contribution in [2.24, 2.45) is 5.41 Å². The van der Waals surface area contributed by atoms with Gasteiger partial charge in [-0.25, -0.2) is 0 Å². The van der Waals surface area contributed by atoms with Gasteiger partial charge in [0.05, 0.1) is 5.75 Å². The van der Waals surface area contributed by atoms with E-state index >= 15 is 0 Å². The summed E-state index contributed by atoms with van der Waals surface area (Å²) in [6.07, 6.45) is 0. The van der Waals surface area contributed by atoms with E-state index in [0.29, 0.717) is 0 Å². The maximum atomic E-state index is 11.0. The van der Waals surface area contributed by atoms with Crippen molar-refractivity contribution >= 4 is 16.1 Å². The number of carbonyl (C=O) groups excluding carboxylic acids is 1. The predicted molar refractivity (Wildman–Crippen MR) is 45.0 cm³/mol. The first-order valence-corrected chi connectivity index (χ1v) is 5.13. The first-order chi connectivity index (χ1) is 5.12. The summed E-state index contributed by atoms with van der Waals surface area (Å²) >= 11 is 0. The highest BCUT2D eigenvalue weighted by molar-refractivity contribution is 7.87. The van der Waals surface area contributed by atoms with Gasteiger partial charge < -0.3 is 4.18 Å². The second-order valence-electron chi connectivity index (χ2n) is 3.84. The maximum Gasteiger partial charge on any atom is 0.319 e. The Morgan fingerprint density at radius 3 is 2.00 bits per heavy atom. The molecule has 0 fully saturated rings. The van der Waals surface area contributed by atoms with Gasteiger partial charge in [0.2, 0.25) is 0 Å². The molecule has 0 saturated carbocycles. The Morgan fingerprint density at radius 2 is 1.75 bits per heavy atom. The average Bonchev–Trinajstić information content (AvgIpc) is 1.48. The van der Waals surface area contributed by atoms with Crippen molar-refractivity contribution in [1.82, 2.24) is 0 Å². The molecule has 0 heterocycles. The minimum atomic E-state index is -3.69. The zero-order valence-electron chi connectivity index (χ0n) is 7.75. The van der Waals surface area contributed by atoms with E-state index in [9.17, 15) is 13.2 Å². The number of carbonyl (C=O) groups is 1. The van der Waals surface area contributed by atoms with E-state index in [-0.39, 0.29) is 5.75 Å². The lowest BCUT2D eigenvalue weighted by Crippen LogP contribution is -2.23. The highest BCUT2D eigenvalue weighted by Gasteiger charge is 2.23. The van der Waals surface area contributed by atoms with Crippen LogP contribution >= 0.6 is 0 Å². The molecule has 12 heavy (non-hydrogen) atoms. The van der Waals surface area contributed by atoms with Crippen molar-refractivity contribution < 1.29 is 17.4 Å². The zero-order chi connectivity index (χ0) is 9.99. The predicted octanol–water partition coefficient (Wildman–Crippen LogP) is 0.925. The van der Waals surface area contributed by atoms with E-state index in [2.05, 4.69) is 4.18 Å². The quantitative estimate of drug-likeness (QED) is 0.613. The molecule has 0 aliphatic rings. The molecule has 0 aliphatic carbocycles. The van der Waals surface area contributed by atoms with Gasteiger partial charge in [0.25, 0.3) is 0 Å². The van der Waals surface area contributed by atoms with Crippen LogP contribution in [0.1, 0.15) is 27.7 Å².